The van der Waals surface area contributed by atoms with Gasteiger partial charge in [0.25, 0.3) is 0 Å². The van der Waals surface area contributed by atoms with Crippen molar-refractivity contribution in [3.8, 4) is 6.07 Å². The van der Waals surface area contributed by atoms with Crippen LogP contribution in [0.2, 0.25) is 0 Å². The summed E-state index contributed by atoms with van der Waals surface area (Å²) in [5.41, 5.74) is 10.8. The quantitative estimate of drug-likeness (QED) is 0.588. The second kappa shape index (κ2) is 9.34. The molecular weight excluding hydrogens is 452 g/mol. The highest BCUT2D eigenvalue weighted by atomic mass is 16.5. The van der Waals surface area contributed by atoms with Crippen LogP contribution >= 0.6 is 0 Å². The average molecular weight is 487 g/mol. The number of anilines is 3. The molecule has 1 unspecified atom stereocenters. The molecule has 9 heteroatoms. The van der Waals surface area contributed by atoms with E-state index in [1.54, 1.807) is 0 Å². The molecule has 6 rings (SSSR count). The lowest BCUT2D eigenvalue weighted by Gasteiger charge is -2.39. The van der Waals surface area contributed by atoms with Gasteiger partial charge in [0.15, 0.2) is 23.2 Å². The van der Waals surface area contributed by atoms with E-state index in [0.717, 1.165) is 99.7 Å². The maximum absolute atomic E-state index is 9.37. The van der Waals surface area contributed by atoms with Crippen molar-refractivity contribution in [3.05, 3.63) is 35.5 Å². The van der Waals surface area contributed by atoms with Gasteiger partial charge in [-0.05, 0) is 80.7 Å². The Hall–Kier alpha value is -3.22. The first-order valence-corrected chi connectivity index (χ1v) is 13.2. The lowest BCUT2D eigenvalue weighted by atomic mass is 9.80. The molecule has 3 aliphatic heterocycles. The van der Waals surface area contributed by atoms with Crippen LogP contribution in [0.15, 0.2) is 24.4 Å². The van der Waals surface area contributed by atoms with Crippen LogP contribution in [0.25, 0.3) is 11.2 Å². The Bertz CT molecular complexity index is 1300. The first-order valence-electron chi connectivity index (χ1n) is 13.2. The predicted molar refractivity (Wildman–Crippen MR) is 139 cm³/mol. The number of nitriles is 1. The van der Waals surface area contributed by atoms with E-state index in [-0.39, 0.29) is 11.6 Å². The summed E-state index contributed by atoms with van der Waals surface area (Å²) in [6.07, 6.45) is 8.93. The fourth-order valence-electron chi connectivity index (χ4n) is 5.70. The number of hydrogen-bond donors (Lipinski definition) is 1. The molecule has 0 saturated carbocycles. The Morgan fingerprint density at radius 3 is 2.81 bits per heavy atom. The van der Waals surface area contributed by atoms with Gasteiger partial charge in [0.05, 0.1) is 17.8 Å². The van der Waals surface area contributed by atoms with Crippen molar-refractivity contribution < 1.29 is 4.74 Å². The van der Waals surface area contributed by atoms with Gasteiger partial charge in [0, 0.05) is 31.9 Å². The van der Waals surface area contributed by atoms with E-state index in [1.807, 2.05) is 29.1 Å². The van der Waals surface area contributed by atoms with Crippen molar-refractivity contribution in [2.45, 2.75) is 58.1 Å². The largest absolute Gasteiger partial charge is 0.356 e. The van der Waals surface area contributed by atoms with E-state index >= 15 is 0 Å². The number of rotatable bonds is 4. The molecule has 2 aromatic heterocycles. The lowest BCUT2D eigenvalue weighted by molar-refractivity contribution is -0.0368. The van der Waals surface area contributed by atoms with Crippen LogP contribution in [0.3, 0.4) is 0 Å². The Kier molecular flexibility index (Phi) is 6.02. The second-order valence-electron chi connectivity index (χ2n) is 10.7. The predicted octanol–water partition coefficient (Wildman–Crippen LogP) is 4.05. The number of piperidine rings is 1. The van der Waals surface area contributed by atoms with Gasteiger partial charge in [0.1, 0.15) is 5.82 Å². The van der Waals surface area contributed by atoms with E-state index < -0.39 is 0 Å². The van der Waals surface area contributed by atoms with Crippen molar-refractivity contribution in [2.24, 2.45) is 11.1 Å². The molecule has 2 saturated heterocycles. The molecule has 0 radical (unpaired) electrons. The molecule has 3 aromatic rings. The van der Waals surface area contributed by atoms with Gasteiger partial charge >= 0.3 is 0 Å². The third-order valence-electron chi connectivity index (χ3n) is 8.17. The van der Waals surface area contributed by atoms with E-state index in [1.165, 1.54) is 5.56 Å². The van der Waals surface area contributed by atoms with Crippen LogP contribution in [0.1, 0.15) is 62.8 Å². The minimum Gasteiger partial charge on any atom is -0.356 e. The van der Waals surface area contributed by atoms with Crippen molar-refractivity contribution >= 4 is 28.5 Å². The van der Waals surface area contributed by atoms with Crippen molar-refractivity contribution in [1.82, 2.24) is 19.7 Å². The zero-order valence-electron chi connectivity index (χ0n) is 21.0. The lowest BCUT2D eigenvalue weighted by Crippen LogP contribution is -2.42. The normalized spacial score (nSPS) is 21.9. The summed E-state index contributed by atoms with van der Waals surface area (Å²) in [6, 6.07) is 8.19. The summed E-state index contributed by atoms with van der Waals surface area (Å²) in [6.45, 7) is 6.43. The smallest absolute Gasteiger partial charge is 0.183 e. The van der Waals surface area contributed by atoms with Crippen LogP contribution in [0.5, 0.6) is 0 Å². The van der Waals surface area contributed by atoms with Gasteiger partial charge < -0.3 is 20.3 Å². The molecule has 36 heavy (non-hydrogen) atoms. The van der Waals surface area contributed by atoms with Crippen LogP contribution in [-0.4, -0.2) is 52.5 Å². The molecule has 0 bridgehead atoms. The number of aromatic nitrogens is 4. The van der Waals surface area contributed by atoms with Gasteiger partial charge in [0.2, 0.25) is 0 Å². The summed E-state index contributed by atoms with van der Waals surface area (Å²) in [5.74, 6) is 1.71. The van der Waals surface area contributed by atoms with E-state index in [4.69, 9.17) is 25.5 Å². The maximum Gasteiger partial charge on any atom is 0.183 e. The number of ether oxygens (including phenoxy) is 1. The second-order valence-corrected chi connectivity index (χ2v) is 10.7. The number of nitrogens with zero attached hydrogens (tertiary/aromatic N) is 7. The number of fused-ring (bicyclic) bond motifs is 2. The van der Waals surface area contributed by atoms with E-state index in [0.29, 0.717) is 12.1 Å². The molecule has 2 fully saturated rings. The van der Waals surface area contributed by atoms with Gasteiger partial charge in [-0.3, -0.25) is 0 Å². The highest BCUT2D eigenvalue weighted by Gasteiger charge is 2.32. The van der Waals surface area contributed by atoms with Gasteiger partial charge in [-0.1, -0.05) is 6.92 Å². The van der Waals surface area contributed by atoms with Crippen LogP contribution in [-0.2, 0) is 11.2 Å². The van der Waals surface area contributed by atoms with Gasteiger partial charge in [-0.25, -0.2) is 14.6 Å². The van der Waals surface area contributed by atoms with E-state index in [2.05, 4.69) is 22.8 Å². The molecular formula is C27H34N8O. The molecule has 1 aromatic carbocycles. The molecule has 0 spiro atoms. The van der Waals surface area contributed by atoms with Gasteiger partial charge in [-0.2, -0.15) is 5.26 Å². The van der Waals surface area contributed by atoms with Crippen LogP contribution in [0.4, 0.5) is 17.3 Å². The summed E-state index contributed by atoms with van der Waals surface area (Å²) in [4.78, 5) is 14.6. The Labute approximate surface area is 211 Å². The van der Waals surface area contributed by atoms with Crippen LogP contribution < -0.4 is 15.5 Å². The van der Waals surface area contributed by atoms with E-state index in [9.17, 15) is 5.26 Å². The van der Waals surface area contributed by atoms with Crippen LogP contribution in [0, 0.1) is 16.7 Å². The monoisotopic (exact) mass is 486 g/mol. The first kappa shape index (κ1) is 23.2. The SMILES string of the molecule is CC1(CN)CCN(c2cnc3c(N4CCCc5cc(C#N)ccc54)nn(C4CCCCO4)c3n2)CC1. The summed E-state index contributed by atoms with van der Waals surface area (Å²) < 4.78 is 8.11. The third-order valence-corrected chi connectivity index (χ3v) is 8.17. The minimum absolute atomic E-state index is 0.133. The van der Waals surface area contributed by atoms with Gasteiger partial charge in [-0.15, -0.1) is 5.10 Å². The zero-order valence-corrected chi connectivity index (χ0v) is 21.0. The molecule has 2 N–H and O–H groups in total. The molecule has 3 aliphatic rings. The third kappa shape index (κ3) is 4.08. The van der Waals surface area contributed by atoms with Crippen molar-refractivity contribution in [2.75, 3.05) is 42.6 Å². The molecule has 5 heterocycles. The maximum atomic E-state index is 9.37. The highest BCUT2D eigenvalue weighted by molar-refractivity contribution is 5.88. The Balaban J connectivity index is 1.41. The molecule has 0 aliphatic carbocycles. The first-order chi connectivity index (χ1) is 17.6. The molecule has 9 nitrogen and oxygen atoms in total. The Morgan fingerprint density at radius 2 is 2.06 bits per heavy atom. The fourth-order valence-corrected chi connectivity index (χ4v) is 5.70. The molecule has 1 atom stereocenters. The average Bonchev–Trinajstić information content (AvgIpc) is 3.32. The molecule has 188 valence electrons. The topological polar surface area (TPSA) is 109 Å². The number of benzene rings is 1. The number of hydrogen-bond acceptors (Lipinski definition) is 8. The highest BCUT2D eigenvalue weighted by Crippen LogP contribution is 2.39. The fraction of sp³-hybridized carbons (Fsp3) is 0.556. The summed E-state index contributed by atoms with van der Waals surface area (Å²) in [7, 11) is 0. The van der Waals surface area contributed by atoms with Crippen molar-refractivity contribution in [1.29, 1.82) is 5.26 Å². The summed E-state index contributed by atoms with van der Waals surface area (Å²) >= 11 is 0. The minimum atomic E-state index is -0.133. The Morgan fingerprint density at radius 1 is 1.19 bits per heavy atom. The summed E-state index contributed by atoms with van der Waals surface area (Å²) in [5, 5.41) is 14.5. The standard InChI is InChI=1S/C27H34N8O/c1-27(18-29)9-12-33(13-10-27)22-17-30-24-25(31-22)35(23-6-2-3-14-36-23)32-26(24)34-11-4-5-20-15-19(16-28)7-8-21(20)34/h7-8,15,17,23H,2-6,9-14,18,29H2,1H3. The molecule has 0 amide bonds. The van der Waals surface area contributed by atoms with Crippen molar-refractivity contribution in [3.63, 3.8) is 0 Å². The zero-order chi connectivity index (χ0) is 24.7. The number of aryl methyl sites for hydroxylation is 1. The number of nitrogens with two attached hydrogens (primary N) is 1.